The van der Waals surface area contributed by atoms with E-state index in [1.54, 1.807) is 25.4 Å². The standard InChI is InChI=1S/C36H39BrN8O6/c1-41-18-24(16-25(20-41)39-27-17-38-42(2)36(51)31(27)37)21-6-8-22(9-7-21)33(48)44-14-12-43(13-15-44)19-23-4-3-5-26-30(23)35(50)45(34(26)49)28-10-11-29(46)40-32(28)47/h3-9,17,24-25,28,39H,10-16,18-20H2,1-2H3,(H,40,46,47). The minimum Gasteiger partial charge on any atom is -0.379 e. The van der Waals surface area contributed by atoms with Gasteiger partial charge in [0.15, 0.2) is 0 Å². The van der Waals surface area contributed by atoms with Gasteiger partial charge in [-0.15, -0.1) is 0 Å². The SMILES string of the molecule is CN1CC(Nc2cnn(C)c(=O)c2Br)CC(c2ccc(C(=O)N3CCN(Cc4cccc5c4C(=O)N(C4CCC(=O)NC4=O)C5=O)CC3)cc2)C1. The summed E-state index contributed by atoms with van der Waals surface area (Å²) in [4.78, 5) is 84.0. The summed E-state index contributed by atoms with van der Waals surface area (Å²) in [7, 11) is 3.69. The molecule has 0 spiro atoms. The number of aromatic nitrogens is 2. The molecule has 3 atom stereocenters. The highest BCUT2D eigenvalue weighted by Crippen LogP contribution is 2.32. The van der Waals surface area contributed by atoms with Crippen molar-refractivity contribution in [1.82, 2.24) is 34.7 Å². The van der Waals surface area contributed by atoms with E-state index in [0.29, 0.717) is 59.6 Å². The van der Waals surface area contributed by atoms with Crippen LogP contribution in [-0.4, -0.2) is 117 Å². The Bertz CT molecular complexity index is 1970. The first kappa shape index (κ1) is 34.7. The highest BCUT2D eigenvalue weighted by atomic mass is 79.9. The molecule has 3 aromatic rings. The van der Waals surface area contributed by atoms with Crippen LogP contribution in [0.3, 0.4) is 0 Å². The zero-order valence-corrected chi connectivity index (χ0v) is 30.0. The molecule has 0 radical (unpaired) electrons. The number of halogens is 1. The first-order valence-electron chi connectivity index (χ1n) is 17.1. The fraction of sp³-hybridized carbons (Fsp3) is 0.417. The number of benzene rings is 2. The van der Waals surface area contributed by atoms with E-state index in [9.17, 15) is 28.8 Å². The van der Waals surface area contributed by atoms with E-state index in [4.69, 9.17) is 0 Å². The largest absolute Gasteiger partial charge is 0.379 e. The molecule has 1 aromatic heterocycles. The van der Waals surface area contributed by atoms with Crippen molar-refractivity contribution in [3.63, 3.8) is 0 Å². The fourth-order valence-electron chi connectivity index (χ4n) is 7.64. The number of piperidine rings is 2. The van der Waals surface area contributed by atoms with Crippen molar-refractivity contribution >= 4 is 51.2 Å². The summed E-state index contributed by atoms with van der Waals surface area (Å²) < 4.78 is 1.75. The quantitative estimate of drug-likeness (QED) is 0.341. The van der Waals surface area contributed by atoms with Gasteiger partial charge in [0.1, 0.15) is 10.5 Å². The lowest BCUT2D eigenvalue weighted by Crippen LogP contribution is -2.54. The van der Waals surface area contributed by atoms with Crippen LogP contribution < -0.4 is 16.2 Å². The van der Waals surface area contributed by atoms with Gasteiger partial charge in [-0.05, 0) is 71.1 Å². The van der Waals surface area contributed by atoms with Crippen LogP contribution in [0.15, 0.2) is 57.9 Å². The van der Waals surface area contributed by atoms with E-state index in [0.717, 1.165) is 30.0 Å². The number of fused-ring (bicyclic) bond motifs is 1. The number of likely N-dealkylation sites (N-methyl/N-ethyl adjacent to an activating group) is 1. The molecule has 7 rings (SSSR count). The molecule has 4 aliphatic rings. The molecule has 0 saturated carbocycles. The molecule has 3 saturated heterocycles. The van der Waals surface area contributed by atoms with Crippen molar-refractivity contribution < 1.29 is 24.0 Å². The number of imide groups is 2. The lowest BCUT2D eigenvalue weighted by Gasteiger charge is -2.37. The van der Waals surface area contributed by atoms with Gasteiger partial charge in [0.25, 0.3) is 23.3 Å². The molecule has 3 fully saturated rings. The van der Waals surface area contributed by atoms with Gasteiger partial charge in [-0.25, -0.2) is 4.68 Å². The Morgan fingerprint density at radius 3 is 2.43 bits per heavy atom. The summed E-state index contributed by atoms with van der Waals surface area (Å²) in [6.07, 6.45) is 2.69. The van der Waals surface area contributed by atoms with Gasteiger partial charge in [0.05, 0.1) is 23.0 Å². The molecule has 4 aliphatic heterocycles. The van der Waals surface area contributed by atoms with Crippen molar-refractivity contribution in [2.24, 2.45) is 7.05 Å². The Morgan fingerprint density at radius 1 is 0.961 bits per heavy atom. The number of piperazine rings is 1. The number of hydrogen-bond donors (Lipinski definition) is 2. The van der Waals surface area contributed by atoms with Crippen molar-refractivity contribution in [3.8, 4) is 0 Å². The van der Waals surface area contributed by atoms with E-state index in [2.05, 4.69) is 48.5 Å². The van der Waals surface area contributed by atoms with Crippen LogP contribution >= 0.6 is 15.9 Å². The molecule has 5 heterocycles. The van der Waals surface area contributed by atoms with Gasteiger partial charge >= 0.3 is 0 Å². The number of carbonyl (C=O) groups excluding carboxylic acids is 5. The Morgan fingerprint density at radius 2 is 1.71 bits per heavy atom. The van der Waals surface area contributed by atoms with Gasteiger partial charge in [0.2, 0.25) is 11.8 Å². The number of nitrogens with zero attached hydrogens (tertiary/aromatic N) is 6. The molecule has 2 aromatic carbocycles. The zero-order valence-electron chi connectivity index (χ0n) is 28.4. The Hall–Kier alpha value is -4.73. The predicted octanol–water partition coefficient (Wildman–Crippen LogP) is 1.80. The highest BCUT2D eigenvalue weighted by molar-refractivity contribution is 9.10. The lowest BCUT2D eigenvalue weighted by molar-refractivity contribution is -0.136. The number of hydrogen-bond acceptors (Lipinski definition) is 10. The van der Waals surface area contributed by atoms with Crippen LogP contribution in [0.25, 0.3) is 0 Å². The lowest BCUT2D eigenvalue weighted by atomic mass is 9.87. The second kappa shape index (κ2) is 14.1. The van der Waals surface area contributed by atoms with Gasteiger partial charge in [-0.1, -0.05) is 24.3 Å². The van der Waals surface area contributed by atoms with Crippen molar-refractivity contribution in [2.75, 3.05) is 51.6 Å². The Kier molecular flexibility index (Phi) is 9.61. The van der Waals surface area contributed by atoms with Crippen LogP contribution in [0.1, 0.15) is 67.4 Å². The first-order chi connectivity index (χ1) is 24.5. The molecule has 15 heteroatoms. The van der Waals surface area contributed by atoms with Gasteiger partial charge in [-0.3, -0.25) is 43.9 Å². The topological polar surface area (TPSA) is 157 Å². The van der Waals surface area contributed by atoms with Gasteiger partial charge in [-0.2, -0.15) is 5.10 Å². The van der Waals surface area contributed by atoms with Crippen molar-refractivity contribution in [2.45, 2.75) is 43.8 Å². The number of amides is 5. The maximum Gasteiger partial charge on any atom is 0.282 e. The monoisotopic (exact) mass is 758 g/mol. The minimum absolute atomic E-state index is 0.0363. The number of likely N-dealkylation sites (tertiary alicyclic amines) is 1. The van der Waals surface area contributed by atoms with Crippen LogP contribution in [0.5, 0.6) is 0 Å². The van der Waals surface area contributed by atoms with E-state index in [1.165, 1.54) is 4.68 Å². The highest BCUT2D eigenvalue weighted by Gasteiger charge is 2.45. The van der Waals surface area contributed by atoms with Crippen LogP contribution in [-0.2, 0) is 23.2 Å². The Balaban J connectivity index is 0.952. The van der Waals surface area contributed by atoms with Crippen molar-refractivity contribution in [1.29, 1.82) is 0 Å². The summed E-state index contributed by atoms with van der Waals surface area (Å²) in [6.45, 7) is 4.33. The summed E-state index contributed by atoms with van der Waals surface area (Å²) in [5.41, 5.74) is 3.50. The van der Waals surface area contributed by atoms with Crippen LogP contribution in [0.2, 0.25) is 0 Å². The van der Waals surface area contributed by atoms with E-state index >= 15 is 0 Å². The number of rotatable bonds is 7. The average Bonchev–Trinajstić information content (AvgIpc) is 3.38. The summed E-state index contributed by atoms with van der Waals surface area (Å²) in [6, 6.07) is 12.1. The van der Waals surface area contributed by atoms with Crippen LogP contribution in [0, 0.1) is 0 Å². The molecule has 3 unspecified atom stereocenters. The number of anilines is 1. The first-order valence-corrected chi connectivity index (χ1v) is 17.9. The molecule has 51 heavy (non-hydrogen) atoms. The number of aryl methyl sites for hydroxylation is 1. The van der Waals surface area contributed by atoms with Crippen molar-refractivity contribution in [3.05, 3.63) is 91.3 Å². The summed E-state index contributed by atoms with van der Waals surface area (Å²) in [5, 5.41) is 9.86. The zero-order chi connectivity index (χ0) is 36.0. The fourth-order valence-corrected chi connectivity index (χ4v) is 8.12. The van der Waals surface area contributed by atoms with Gasteiger partial charge < -0.3 is 15.1 Å². The molecular weight excluding hydrogens is 720 g/mol. The molecule has 14 nitrogen and oxygen atoms in total. The second-order valence-electron chi connectivity index (χ2n) is 13.8. The third-order valence-corrected chi connectivity index (χ3v) is 11.1. The maximum atomic E-state index is 13.5. The molecular formula is C36H39BrN8O6. The predicted molar refractivity (Wildman–Crippen MR) is 190 cm³/mol. The van der Waals surface area contributed by atoms with Gasteiger partial charge in [0, 0.05) is 70.9 Å². The summed E-state index contributed by atoms with van der Waals surface area (Å²) >= 11 is 3.41. The van der Waals surface area contributed by atoms with E-state index < -0.39 is 29.7 Å². The normalized spacial score (nSPS) is 23.0. The Labute approximate surface area is 302 Å². The molecule has 0 aliphatic carbocycles. The molecule has 5 amide bonds. The number of nitrogens with one attached hydrogen (secondary N) is 2. The smallest absolute Gasteiger partial charge is 0.282 e. The maximum absolute atomic E-state index is 13.5. The average molecular weight is 760 g/mol. The van der Waals surface area contributed by atoms with E-state index in [-0.39, 0.29) is 41.8 Å². The molecule has 2 N–H and O–H groups in total. The molecule has 0 bridgehead atoms. The minimum atomic E-state index is -1.01. The third-order valence-electron chi connectivity index (χ3n) is 10.3. The van der Waals surface area contributed by atoms with Crippen LogP contribution in [0.4, 0.5) is 5.69 Å². The molecule has 266 valence electrons. The van der Waals surface area contributed by atoms with E-state index in [1.807, 2.05) is 35.2 Å². The third kappa shape index (κ3) is 6.85. The second-order valence-corrected chi connectivity index (χ2v) is 14.6. The summed E-state index contributed by atoms with van der Waals surface area (Å²) in [5.74, 6) is -1.88. The number of carbonyl (C=O) groups is 5.